The Morgan fingerprint density at radius 2 is 1.89 bits per heavy atom. The molecule has 1 aromatic carbocycles. The van der Waals surface area contributed by atoms with Gasteiger partial charge in [0.2, 0.25) is 5.91 Å². The second kappa shape index (κ2) is 9.29. The highest BCUT2D eigenvalue weighted by Crippen LogP contribution is 2.24. The van der Waals surface area contributed by atoms with Crippen molar-refractivity contribution >= 4 is 17.7 Å². The molecule has 0 spiro atoms. The summed E-state index contributed by atoms with van der Waals surface area (Å²) >= 11 is 1.37. The van der Waals surface area contributed by atoms with Crippen molar-refractivity contribution in [3.8, 4) is 11.4 Å². The quantitative estimate of drug-likeness (QED) is 0.666. The van der Waals surface area contributed by atoms with Crippen LogP contribution in [0.5, 0.6) is 0 Å². The van der Waals surface area contributed by atoms with Crippen LogP contribution < -0.4 is 0 Å². The average molecular weight is 393 g/mol. The van der Waals surface area contributed by atoms with Crippen molar-refractivity contribution in [2.45, 2.75) is 11.7 Å². The maximum atomic E-state index is 13.3. The molecule has 9 heteroatoms. The molecule has 7 nitrogen and oxygen atoms in total. The Morgan fingerprint density at radius 1 is 1.19 bits per heavy atom. The van der Waals surface area contributed by atoms with Gasteiger partial charge in [-0.15, -0.1) is 10.2 Å². The molecular formula is C18H24FN5O2S. The first-order valence-electron chi connectivity index (χ1n) is 8.87. The van der Waals surface area contributed by atoms with Gasteiger partial charge in [-0.3, -0.25) is 9.69 Å². The van der Waals surface area contributed by atoms with Gasteiger partial charge in [0, 0.05) is 45.8 Å². The highest BCUT2D eigenvalue weighted by Gasteiger charge is 2.18. The number of nitrogens with zero attached hydrogens (tertiary/aromatic N) is 5. The lowest BCUT2D eigenvalue weighted by Gasteiger charge is -2.27. The Morgan fingerprint density at radius 3 is 2.56 bits per heavy atom. The highest BCUT2D eigenvalue weighted by atomic mass is 32.2. The first-order valence-corrected chi connectivity index (χ1v) is 9.85. The second-order valence-electron chi connectivity index (χ2n) is 6.50. The lowest BCUT2D eigenvalue weighted by atomic mass is 10.2. The fourth-order valence-electron chi connectivity index (χ4n) is 2.73. The van der Waals surface area contributed by atoms with Crippen LogP contribution in [0.3, 0.4) is 0 Å². The molecule has 1 fully saturated rings. The monoisotopic (exact) mass is 393 g/mol. The number of aromatic nitrogens is 3. The van der Waals surface area contributed by atoms with Crippen molar-refractivity contribution in [1.82, 2.24) is 24.6 Å². The second-order valence-corrected chi connectivity index (χ2v) is 7.44. The SMILES string of the molecule is CN(C)C(=O)CSc1nnc(-c2ccc(F)cc2)n1CCN1CCOCC1. The minimum Gasteiger partial charge on any atom is -0.379 e. The number of carbonyl (C=O) groups excluding carboxylic acids is 1. The summed E-state index contributed by atoms with van der Waals surface area (Å²) in [6, 6.07) is 6.23. The molecule has 0 bridgehead atoms. The lowest BCUT2D eigenvalue weighted by Crippen LogP contribution is -2.38. The van der Waals surface area contributed by atoms with Crippen molar-refractivity contribution in [3.63, 3.8) is 0 Å². The molecule has 1 aromatic heterocycles. The summed E-state index contributed by atoms with van der Waals surface area (Å²) in [6.07, 6.45) is 0. The summed E-state index contributed by atoms with van der Waals surface area (Å²) in [6.45, 7) is 4.81. The zero-order valence-electron chi connectivity index (χ0n) is 15.6. The number of benzene rings is 1. The molecular weight excluding hydrogens is 369 g/mol. The van der Waals surface area contributed by atoms with Crippen LogP contribution in [0, 0.1) is 5.82 Å². The van der Waals surface area contributed by atoms with Crippen LogP contribution in [0.1, 0.15) is 0 Å². The van der Waals surface area contributed by atoms with Gasteiger partial charge in [-0.25, -0.2) is 4.39 Å². The van der Waals surface area contributed by atoms with E-state index in [0.29, 0.717) is 23.3 Å². The van der Waals surface area contributed by atoms with Crippen LogP contribution in [0.15, 0.2) is 29.4 Å². The summed E-state index contributed by atoms with van der Waals surface area (Å²) in [7, 11) is 3.46. The molecule has 27 heavy (non-hydrogen) atoms. The third-order valence-corrected chi connectivity index (χ3v) is 5.34. The number of ether oxygens (including phenoxy) is 1. The zero-order valence-corrected chi connectivity index (χ0v) is 16.4. The smallest absolute Gasteiger partial charge is 0.232 e. The fraction of sp³-hybridized carbons (Fsp3) is 0.500. The number of hydrogen-bond donors (Lipinski definition) is 0. The number of halogens is 1. The Balaban J connectivity index is 1.79. The predicted octanol–water partition coefficient (Wildman–Crippen LogP) is 1.60. The van der Waals surface area contributed by atoms with Crippen molar-refractivity contribution in [2.75, 3.05) is 52.7 Å². The van der Waals surface area contributed by atoms with Crippen molar-refractivity contribution in [3.05, 3.63) is 30.1 Å². The standard InChI is InChI=1S/C18H24FN5O2S/c1-22(2)16(25)13-27-18-21-20-17(14-3-5-15(19)6-4-14)24(18)8-7-23-9-11-26-12-10-23/h3-6H,7-13H2,1-2H3. The summed E-state index contributed by atoms with van der Waals surface area (Å²) in [5.41, 5.74) is 0.802. The third kappa shape index (κ3) is 5.27. The molecule has 0 aliphatic carbocycles. The Hall–Kier alpha value is -1.97. The van der Waals surface area contributed by atoms with E-state index in [1.807, 2.05) is 4.57 Å². The van der Waals surface area contributed by atoms with Gasteiger partial charge in [0.1, 0.15) is 5.82 Å². The number of amides is 1. The van der Waals surface area contributed by atoms with Gasteiger partial charge in [0.05, 0.1) is 19.0 Å². The normalized spacial score (nSPS) is 15.1. The zero-order chi connectivity index (χ0) is 19.2. The summed E-state index contributed by atoms with van der Waals surface area (Å²) in [5.74, 6) is 0.713. The van der Waals surface area contributed by atoms with E-state index in [2.05, 4.69) is 15.1 Å². The first-order chi connectivity index (χ1) is 13.0. The maximum absolute atomic E-state index is 13.3. The van der Waals surface area contributed by atoms with Gasteiger partial charge in [0.25, 0.3) is 0 Å². The van der Waals surface area contributed by atoms with Crippen LogP contribution in [-0.2, 0) is 16.1 Å². The molecule has 2 aromatic rings. The number of carbonyl (C=O) groups is 1. The molecule has 1 aliphatic heterocycles. The van der Waals surface area contributed by atoms with Crippen molar-refractivity contribution < 1.29 is 13.9 Å². The van der Waals surface area contributed by atoms with E-state index in [4.69, 9.17) is 4.74 Å². The Bertz CT molecular complexity index is 760. The van der Waals surface area contributed by atoms with Gasteiger partial charge in [-0.2, -0.15) is 0 Å². The van der Waals surface area contributed by atoms with Crippen LogP contribution in [0.2, 0.25) is 0 Å². The summed E-state index contributed by atoms with van der Waals surface area (Å²) < 4.78 is 20.7. The van der Waals surface area contributed by atoms with E-state index < -0.39 is 0 Å². The molecule has 0 unspecified atom stereocenters. The van der Waals surface area contributed by atoms with Crippen molar-refractivity contribution in [1.29, 1.82) is 0 Å². The van der Waals surface area contributed by atoms with Gasteiger partial charge in [-0.1, -0.05) is 11.8 Å². The highest BCUT2D eigenvalue weighted by molar-refractivity contribution is 7.99. The maximum Gasteiger partial charge on any atom is 0.232 e. The van der Waals surface area contributed by atoms with E-state index in [1.54, 1.807) is 31.1 Å². The molecule has 1 amide bonds. The van der Waals surface area contributed by atoms with Gasteiger partial charge >= 0.3 is 0 Å². The topological polar surface area (TPSA) is 63.5 Å². The van der Waals surface area contributed by atoms with Crippen molar-refractivity contribution in [2.24, 2.45) is 0 Å². The molecule has 1 aliphatic rings. The minimum absolute atomic E-state index is 0.0195. The van der Waals surface area contributed by atoms with E-state index in [9.17, 15) is 9.18 Å². The van der Waals surface area contributed by atoms with Gasteiger partial charge < -0.3 is 14.2 Å². The minimum atomic E-state index is -0.288. The largest absolute Gasteiger partial charge is 0.379 e. The van der Waals surface area contributed by atoms with E-state index in [0.717, 1.165) is 38.4 Å². The molecule has 0 radical (unpaired) electrons. The first kappa shape index (κ1) is 19.8. The van der Waals surface area contributed by atoms with Gasteiger partial charge in [0.15, 0.2) is 11.0 Å². The Labute approximate surface area is 162 Å². The number of rotatable bonds is 7. The van der Waals surface area contributed by atoms with Crippen LogP contribution in [0.25, 0.3) is 11.4 Å². The van der Waals surface area contributed by atoms with Crippen LogP contribution in [-0.4, -0.2) is 83.2 Å². The van der Waals surface area contributed by atoms with Crippen LogP contribution in [0.4, 0.5) is 4.39 Å². The molecule has 0 N–H and O–H groups in total. The molecule has 3 rings (SSSR count). The lowest BCUT2D eigenvalue weighted by molar-refractivity contribution is -0.125. The number of hydrogen-bond acceptors (Lipinski definition) is 6. The predicted molar refractivity (Wildman–Crippen MR) is 102 cm³/mol. The third-order valence-electron chi connectivity index (χ3n) is 4.39. The summed E-state index contributed by atoms with van der Waals surface area (Å²) in [4.78, 5) is 15.8. The van der Waals surface area contributed by atoms with E-state index in [-0.39, 0.29) is 11.7 Å². The number of morpholine rings is 1. The molecule has 0 saturated carbocycles. The fourth-order valence-corrected chi connectivity index (χ4v) is 3.67. The molecule has 1 saturated heterocycles. The number of thioether (sulfide) groups is 1. The molecule has 2 heterocycles. The van der Waals surface area contributed by atoms with Gasteiger partial charge in [-0.05, 0) is 24.3 Å². The summed E-state index contributed by atoms with van der Waals surface area (Å²) in [5, 5.41) is 9.27. The van der Waals surface area contributed by atoms with Crippen LogP contribution >= 0.6 is 11.8 Å². The average Bonchev–Trinajstić information content (AvgIpc) is 3.08. The Kier molecular flexibility index (Phi) is 6.81. The van der Waals surface area contributed by atoms with E-state index >= 15 is 0 Å². The molecule has 0 atom stereocenters. The van der Waals surface area contributed by atoms with E-state index in [1.165, 1.54) is 23.9 Å². The molecule has 146 valence electrons.